The summed E-state index contributed by atoms with van der Waals surface area (Å²) in [4.78, 5) is 21.3. The van der Waals surface area contributed by atoms with E-state index in [9.17, 15) is 4.79 Å². The standard InChI is InChI=1S/C20H17N5O2/c1-14-16(12-24-25(14)15-6-3-2-4-7-15)20(26)23-13-17-19(22-10-9-21-17)18-8-5-11-27-18/h2-12H,13H2,1H3,(H,23,26). The minimum absolute atomic E-state index is 0.217. The number of amides is 1. The Morgan fingerprint density at radius 3 is 2.70 bits per heavy atom. The van der Waals surface area contributed by atoms with Crippen LogP contribution in [0.25, 0.3) is 17.1 Å². The van der Waals surface area contributed by atoms with Crippen LogP contribution in [-0.2, 0) is 6.54 Å². The minimum Gasteiger partial charge on any atom is -0.463 e. The molecule has 0 aliphatic heterocycles. The summed E-state index contributed by atoms with van der Waals surface area (Å²) in [5, 5.41) is 7.22. The molecule has 3 aromatic heterocycles. The molecule has 4 aromatic rings. The molecule has 4 rings (SSSR count). The molecule has 0 radical (unpaired) electrons. The van der Waals surface area contributed by atoms with E-state index in [2.05, 4.69) is 20.4 Å². The SMILES string of the molecule is Cc1c(C(=O)NCc2nccnc2-c2ccco2)cnn1-c1ccccc1. The lowest BCUT2D eigenvalue weighted by Crippen LogP contribution is -2.24. The zero-order valence-electron chi connectivity index (χ0n) is 14.7. The quantitative estimate of drug-likeness (QED) is 0.591. The molecule has 1 aromatic carbocycles. The minimum atomic E-state index is -0.217. The fraction of sp³-hybridized carbons (Fsp3) is 0.100. The van der Waals surface area contributed by atoms with Crippen molar-refractivity contribution in [3.8, 4) is 17.1 Å². The summed E-state index contributed by atoms with van der Waals surface area (Å²) < 4.78 is 7.14. The van der Waals surface area contributed by atoms with Crippen LogP contribution in [0.3, 0.4) is 0 Å². The number of aromatic nitrogens is 4. The first-order valence-corrected chi connectivity index (χ1v) is 8.46. The fourth-order valence-corrected chi connectivity index (χ4v) is 2.84. The average molecular weight is 359 g/mol. The second kappa shape index (κ2) is 7.25. The van der Waals surface area contributed by atoms with Crippen LogP contribution in [0.2, 0.25) is 0 Å². The lowest BCUT2D eigenvalue weighted by atomic mass is 10.2. The van der Waals surface area contributed by atoms with Gasteiger partial charge in [-0.05, 0) is 31.2 Å². The predicted molar refractivity (Wildman–Crippen MR) is 99.2 cm³/mol. The fourth-order valence-electron chi connectivity index (χ4n) is 2.84. The molecular weight excluding hydrogens is 342 g/mol. The van der Waals surface area contributed by atoms with Gasteiger partial charge in [0.15, 0.2) is 5.76 Å². The molecule has 0 saturated heterocycles. The smallest absolute Gasteiger partial charge is 0.255 e. The number of benzene rings is 1. The molecular formula is C20H17N5O2. The van der Waals surface area contributed by atoms with Gasteiger partial charge in [-0.25, -0.2) is 9.67 Å². The molecule has 0 aliphatic rings. The topological polar surface area (TPSA) is 85.8 Å². The zero-order chi connectivity index (χ0) is 18.6. The highest BCUT2D eigenvalue weighted by atomic mass is 16.3. The first-order valence-electron chi connectivity index (χ1n) is 8.46. The molecule has 7 heteroatoms. The number of carbonyl (C=O) groups is 1. The summed E-state index contributed by atoms with van der Waals surface area (Å²) in [6.07, 6.45) is 6.33. The number of hydrogen-bond donors (Lipinski definition) is 1. The highest BCUT2D eigenvalue weighted by Crippen LogP contribution is 2.20. The molecule has 1 N–H and O–H groups in total. The zero-order valence-corrected chi connectivity index (χ0v) is 14.7. The molecule has 1 amide bonds. The van der Waals surface area contributed by atoms with E-state index in [4.69, 9.17) is 4.42 Å². The summed E-state index contributed by atoms with van der Waals surface area (Å²) in [5.74, 6) is 0.395. The van der Waals surface area contributed by atoms with E-state index in [1.807, 2.05) is 43.3 Å². The molecule has 0 saturated carbocycles. The van der Waals surface area contributed by atoms with Gasteiger partial charge >= 0.3 is 0 Å². The van der Waals surface area contributed by atoms with Crippen molar-refractivity contribution in [2.45, 2.75) is 13.5 Å². The molecule has 134 valence electrons. The Hall–Kier alpha value is -3.74. The van der Waals surface area contributed by atoms with Crippen molar-refractivity contribution in [2.75, 3.05) is 0 Å². The lowest BCUT2D eigenvalue weighted by molar-refractivity contribution is 0.0950. The van der Waals surface area contributed by atoms with E-state index < -0.39 is 0 Å². The summed E-state index contributed by atoms with van der Waals surface area (Å²) in [5.41, 5.74) is 3.43. The van der Waals surface area contributed by atoms with E-state index in [1.165, 1.54) is 0 Å². The third kappa shape index (κ3) is 3.35. The maximum atomic E-state index is 12.6. The number of rotatable bonds is 5. The maximum Gasteiger partial charge on any atom is 0.255 e. The van der Waals surface area contributed by atoms with Gasteiger partial charge in [-0.3, -0.25) is 9.78 Å². The third-order valence-electron chi connectivity index (χ3n) is 4.20. The molecule has 0 aliphatic carbocycles. The van der Waals surface area contributed by atoms with Crippen LogP contribution in [0.15, 0.2) is 71.7 Å². The molecule has 0 atom stereocenters. The molecule has 0 fully saturated rings. The normalized spacial score (nSPS) is 10.7. The van der Waals surface area contributed by atoms with Crippen LogP contribution in [0.1, 0.15) is 21.7 Å². The largest absolute Gasteiger partial charge is 0.463 e. The number of carbonyl (C=O) groups excluding carboxylic acids is 1. The van der Waals surface area contributed by atoms with Crippen LogP contribution in [-0.4, -0.2) is 25.7 Å². The van der Waals surface area contributed by atoms with Crippen LogP contribution >= 0.6 is 0 Å². The Labute approximate surface area is 155 Å². The van der Waals surface area contributed by atoms with Crippen LogP contribution in [0.5, 0.6) is 0 Å². The van der Waals surface area contributed by atoms with Gasteiger partial charge in [0, 0.05) is 12.4 Å². The Balaban J connectivity index is 1.53. The van der Waals surface area contributed by atoms with Crippen LogP contribution < -0.4 is 5.32 Å². The van der Waals surface area contributed by atoms with Crippen molar-refractivity contribution in [3.63, 3.8) is 0 Å². The second-order valence-electron chi connectivity index (χ2n) is 5.90. The highest BCUT2D eigenvalue weighted by molar-refractivity contribution is 5.95. The van der Waals surface area contributed by atoms with Gasteiger partial charge in [-0.2, -0.15) is 5.10 Å². The molecule has 0 spiro atoms. The monoisotopic (exact) mass is 359 g/mol. The summed E-state index contributed by atoms with van der Waals surface area (Å²) in [6, 6.07) is 13.3. The third-order valence-corrected chi connectivity index (χ3v) is 4.20. The van der Waals surface area contributed by atoms with E-state index in [-0.39, 0.29) is 12.5 Å². The highest BCUT2D eigenvalue weighted by Gasteiger charge is 2.16. The number of para-hydroxylation sites is 1. The average Bonchev–Trinajstić information content (AvgIpc) is 3.37. The lowest BCUT2D eigenvalue weighted by Gasteiger charge is -2.08. The van der Waals surface area contributed by atoms with Crippen molar-refractivity contribution in [1.29, 1.82) is 0 Å². The van der Waals surface area contributed by atoms with Gasteiger partial charge in [0.2, 0.25) is 0 Å². The predicted octanol–water partition coefficient (Wildman–Crippen LogP) is 3.16. The number of nitrogens with one attached hydrogen (secondary N) is 1. The summed E-state index contributed by atoms with van der Waals surface area (Å²) in [7, 11) is 0. The first kappa shape index (κ1) is 16.7. The van der Waals surface area contributed by atoms with Gasteiger partial charge < -0.3 is 9.73 Å². The van der Waals surface area contributed by atoms with Crippen molar-refractivity contribution in [2.24, 2.45) is 0 Å². The maximum absolute atomic E-state index is 12.6. The number of hydrogen-bond acceptors (Lipinski definition) is 5. The number of furan rings is 1. The summed E-state index contributed by atoms with van der Waals surface area (Å²) >= 11 is 0. The van der Waals surface area contributed by atoms with E-state index >= 15 is 0 Å². The van der Waals surface area contributed by atoms with Gasteiger partial charge in [-0.15, -0.1) is 0 Å². The Morgan fingerprint density at radius 2 is 1.93 bits per heavy atom. The molecule has 3 heterocycles. The van der Waals surface area contributed by atoms with Gasteiger partial charge in [0.25, 0.3) is 5.91 Å². The van der Waals surface area contributed by atoms with Crippen molar-refractivity contribution in [3.05, 3.63) is 84.3 Å². The summed E-state index contributed by atoms with van der Waals surface area (Å²) in [6.45, 7) is 2.10. The Bertz CT molecular complexity index is 1060. The van der Waals surface area contributed by atoms with Gasteiger partial charge in [0.05, 0.1) is 41.6 Å². The molecule has 27 heavy (non-hydrogen) atoms. The van der Waals surface area contributed by atoms with Crippen LogP contribution in [0.4, 0.5) is 0 Å². The second-order valence-corrected chi connectivity index (χ2v) is 5.90. The number of nitrogens with zero attached hydrogens (tertiary/aromatic N) is 4. The Morgan fingerprint density at radius 1 is 1.11 bits per heavy atom. The van der Waals surface area contributed by atoms with Gasteiger partial charge in [0.1, 0.15) is 5.69 Å². The van der Waals surface area contributed by atoms with Crippen LogP contribution in [0, 0.1) is 6.92 Å². The van der Waals surface area contributed by atoms with Gasteiger partial charge in [-0.1, -0.05) is 18.2 Å². The van der Waals surface area contributed by atoms with E-state index in [0.717, 1.165) is 11.4 Å². The Kier molecular flexibility index (Phi) is 4.49. The molecule has 0 unspecified atom stereocenters. The van der Waals surface area contributed by atoms with Crippen molar-refractivity contribution in [1.82, 2.24) is 25.1 Å². The van der Waals surface area contributed by atoms with E-state index in [1.54, 1.807) is 35.6 Å². The molecule has 0 bridgehead atoms. The van der Waals surface area contributed by atoms with E-state index in [0.29, 0.717) is 22.7 Å². The molecule has 7 nitrogen and oxygen atoms in total. The van der Waals surface area contributed by atoms with Crippen molar-refractivity contribution >= 4 is 5.91 Å². The first-order chi connectivity index (χ1) is 13.2. The van der Waals surface area contributed by atoms with Crippen molar-refractivity contribution < 1.29 is 9.21 Å².